The minimum Gasteiger partial charge on any atom is -0.384 e. The van der Waals surface area contributed by atoms with E-state index in [1.807, 2.05) is 12.1 Å². The second-order valence-electron chi connectivity index (χ2n) is 4.07. The van der Waals surface area contributed by atoms with Crippen molar-refractivity contribution in [1.29, 1.82) is 0 Å². The number of benzene rings is 1. The number of thiophene rings is 1. The molecular formula is C16H17NOS. The molecule has 98 valence electrons. The Morgan fingerprint density at radius 1 is 1.21 bits per heavy atom. The predicted octanol–water partition coefficient (Wildman–Crippen LogP) is 3.12. The second kappa shape index (κ2) is 6.98. The summed E-state index contributed by atoms with van der Waals surface area (Å²) in [5, 5.41) is 10.8. The van der Waals surface area contributed by atoms with Crippen LogP contribution >= 0.6 is 11.3 Å². The summed E-state index contributed by atoms with van der Waals surface area (Å²) in [6.07, 6.45) is 0. The summed E-state index contributed by atoms with van der Waals surface area (Å²) in [6, 6.07) is 12.4. The molecule has 1 aromatic carbocycles. The molecule has 19 heavy (non-hydrogen) atoms. The van der Waals surface area contributed by atoms with E-state index in [1.165, 1.54) is 10.6 Å². The van der Waals surface area contributed by atoms with Crippen LogP contribution in [0.2, 0.25) is 0 Å². The molecule has 0 fully saturated rings. The van der Waals surface area contributed by atoms with Crippen molar-refractivity contribution in [3.05, 3.63) is 52.2 Å². The van der Waals surface area contributed by atoms with Crippen LogP contribution in [0.15, 0.2) is 41.8 Å². The van der Waals surface area contributed by atoms with E-state index in [9.17, 15) is 0 Å². The SMILES string of the molecule is CCN(Cc1sccc1C#CCO)c1ccccc1. The van der Waals surface area contributed by atoms with Crippen LogP contribution in [0.1, 0.15) is 17.4 Å². The van der Waals surface area contributed by atoms with Crippen LogP contribution in [-0.4, -0.2) is 18.3 Å². The topological polar surface area (TPSA) is 23.5 Å². The summed E-state index contributed by atoms with van der Waals surface area (Å²) < 4.78 is 0. The number of hydrogen-bond donors (Lipinski definition) is 1. The summed E-state index contributed by atoms with van der Waals surface area (Å²) in [5.41, 5.74) is 2.24. The monoisotopic (exact) mass is 271 g/mol. The molecular weight excluding hydrogens is 254 g/mol. The number of rotatable bonds is 4. The normalized spacial score (nSPS) is 9.79. The molecule has 0 amide bonds. The maximum absolute atomic E-state index is 8.78. The zero-order valence-electron chi connectivity index (χ0n) is 11.0. The zero-order chi connectivity index (χ0) is 13.5. The number of aliphatic hydroxyl groups excluding tert-OH is 1. The molecule has 2 aromatic rings. The van der Waals surface area contributed by atoms with Crippen molar-refractivity contribution in [3.63, 3.8) is 0 Å². The third kappa shape index (κ3) is 3.60. The molecule has 3 heteroatoms. The standard InChI is InChI=1S/C16H17NOS/c1-2-17(15-8-4-3-5-9-15)13-16-14(7-6-11-18)10-12-19-16/h3-5,8-10,12,18H,2,11,13H2,1H3. The number of anilines is 1. The van der Waals surface area contributed by atoms with E-state index in [2.05, 4.69) is 53.3 Å². The lowest BCUT2D eigenvalue weighted by Crippen LogP contribution is -2.21. The Morgan fingerprint density at radius 2 is 2.00 bits per heavy atom. The zero-order valence-corrected chi connectivity index (χ0v) is 11.8. The van der Waals surface area contributed by atoms with Crippen molar-refractivity contribution in [2.75, 3.05) is 18.1 Å². The van der Waals surface area contributed by atoms with Crippen LogP contribution in [0.4, 0.5) is 5.69 Å². The van der Waals surface area contributed by atoms with Gasteiger partial charge >= 0.3 is 0 Å². The third-order valence-corrected chi connectivity index (χ3v) is 3.79. The Balaban J connectivity index is 2.17. The van der Waals surface area contributed by atoms with E-state index >= 15 is 0 Å². The highest BCUT2D eigenvalue weighted by molar-refractivity contribution is 7.10. The van der Waals surface area contributed by atoms with Gasteiger partial charge in [-0.3, -0.25) is 0 Å². The summed E-state index contributed by atoms with van der Waals surface area (Å²) in [6.45, 7) is 3.87. The van der Waals surface area contributed by atoms with Gasteiger partial charge in [0.05, 0.1) is 6.54 Å². The van der Waals surface area contributed by atoms with E-state index in [0.29, 0.717) is 0 Å². The number of aliphatic hydroxyl groups is 1. The molecule has 0 atom stereocenters. The van der Waals surface area contributed by atoms with Crippen molar-refractivity contribution in [1.82, 2.24) is 0 Å². The number of para-hydroxylation sites is 1. The maximum atomic E-state index is 8.78. The Morgan fingerprint density at radius 3 is 2.68 bits per heavy atom. The Kier molecular flexibility index (Phi) is 5.02. The number of hydrogen-bond acceptors (Lipinski definition) is 3. The van der Waals surface area contributed by atoms with E-state index in [-0.39, 0.29) is 6.61 Å². The highest BCUT2D eigenvalue weighted by Crippen LogP contribution is 2.22. The molecule has 2 rings (SSSR count). The van der Waals surface area contributed by atoms with Crippen molar-refractivity contribution < 1.29 is 5.11 Å². The van der Waals surface area contributed by atoms with Gasteiger partial charge in [0.25, 0.3) is 0 Å². The van der Waals surface area contributed by atoms with Crippen LogP contribution in [0.5, 0.6) is 0 Å². The van der Waals surface area contributed by atoms with Crippen molar-refractivity contribution >= 4 is 17.0 Å². The lowest BCUT2D eigenvalue weighted by Gasteiger charge is -2.22. The number of nitrogens with zero attached hydrogens (tertiary/aromatic N) is 1. The Hall–Kier alpha value is -1.76. The lowest BCUT2D eigenvalue weighted by molar-refractivity contribution is 0.350. The molecule has 2 nitrogen and oxygen atoms in total. The van der Waals surface area contributed by atoms with Gasteiger partial charge in [-0.15, -0.1) is 11.3 Å². The molecule has 0 saturated carbocycles. The van der Waals surface area contributed by atoms with Gasteiger partial charge in [0.1, 0.15) is 6.61 Å². The average molecular weight is 271 g/mol. The van der Waals surface area contributed by atoms with E-state index in [1.54, 1.807) is 11.3 Å². The first-order valence-corrected chi connectivity index (χ1v) is 7.19. The molecule has 0 aliphatic carbocycles. The molecule has 0 aliphatic rings. The fourth-order valence-electron chi connectivity index (χ4n) is 1.91. The molecule has 1 N–H and O–H groups in total. The fraction of sp³-hybridized carbons (Fsp3) is 0.250. The van der Waals surface area contributed by atoms with Crippen LogP contribution in [0.3, 0.4) is 0 Å². The van der Waals surface area contributed by atoms with Gasteiger partial charge < -0.3 is 10.0 Å². The van der Waals surface area contributed by atoms with Gasteiger partial charge in [-0.1, -0.05) is 30.0 Å². The average Bonchev–Trinajstić information content (AvgIpc) is 2.90. The van der Waals surface area contributed by atoms with Crippen molar-refractivity contribution in [2.24, 2.45) is 0 Å². The maximum Gasteiger partial charge on any atom is 0.104 e. The molecule has 0 spiro atoms. The molecule has 0 unspecified atom stereocenters. The van der Waals surface area contributed by atoms with Gasteiger partial charge in [0.15, 0.2) is 0 Å². The minimum absolute atomic E-state index is 0.0918. The van der Waals surface area contributed by atoms with Crippen LogP contribution < -0.4 is 4.90 Å². The molecule has 0 aliphatic heterocycles. The molecule has 0 radical (unpaired) electrons. The highest BCUT2D eigenvalue weighted by Gasteiger charge is 2.08. The first-order valence-electron chi connectivity index (χ1n) is 6.31. The smallest absolute Gasteiger partial charge is 0.104 e. The van der Waals surface area contributed by atoms with Gasteiger partial charge in [0.2, 0.25) is 0 Å². The molecule has 1 heterocycles. The van der Waals surface area contributed by atoms with Crippen LogP contribution in [-0.2, 0) is 6.54 Å². The van der Waals surface area contributed by atoms with Gasteiger partial charge in [0, 0.05) is 22.7 Å². The first kappa shape index (κ1) is 13.7. The highest BCUT2D eigenvalue weighted by atomic mass is 32.1. The van der Waals surface area contributed by atoms with Gasteiger partial charge in [-0.05, 0) is 30.5 Å². The second-order valence-corrected chi connectivity index (χ2v) is 5.07. The summed E-state index contributed by atoms with van der Waals surface area (Å²) >= 11 is 1.71. The predicted molar refractivity (Wildman–Crippen MR) is 81.4 cm³/mol. The van der Waals surface area contributed by atoms with Crippen molar-refractivity contribution in [2.45, 2.75) is 13.5 Å². The third-order valence-electron chi connectivity index (χ3n) is 2.89. The van der Waals surface area contributed by atoms with Gasteiger partial charge in [-0.2, -0.15) is 0 Å². The van der Waals surface area contributed by atoms with Crippen LogP contribution in [0, 0.1) is 11.8 Å². The van der Waals surface area contributed by atoms with E-state index < -0.39 is 0 Å². The minimum atomic E-state index is -0.0918. The largest absolute Gasteiger partial charge is 0.384 e. The molecule has 1 aromatic heterocycles. The van der Waals surface area contributed by atoms with Crippen molar-refractivity contribution in [3.8, 4) is 11.8 Å². The van der Waals surface area contributed by atoms with Gasteiger partial charge in [-0.25, -0.2) is 0 Å². The Bertz CT molecular complexity index is 565. The van der Waals surface area contributed by atoms with Crippen LogP contribution in [0.25, 0.3) is 0 Å². The quantitative estimate of drug-likeness (QED) is 0.864. The molecule has 0 saturated heterocycles. The van der Waals surface area contributed by atoms with E-state index in [4.69, 9.17) is 5.11 Å². The van der Waals surface area contributed by atoms with E-state index in [0.717, 1.165) is 18.7 Å². The first-order chi connectivity index (χ1) is 9.35. The lowest BCUT2D eigenvalue weighted by atomic mass is 10.2. The molecule has 0 bridgehead atoms. The summed E-state index contributed by atoms with van der Waals surface area (Å²) in [4.78, 5) is 3.56. The Labute approximate surface area is 118 Å². The fourth-order valence-corrected chi connectivity index (χ4v) is 2.75. The summed E-state index contributed by atoms with van der Waals surface area (Å²) in [5.74, 6) is 5.72. The summed E-state index contributed by atoms with van der Waals surface area (Å²) in [7, 11) is 0.